The fourth-order valence-electron chi connectivity index (χ4n) is 3.49. The third-order valence-corrected chi connectivity index (χ3v) is 5.86. The Balaban J connectivity index is 1.57. The third kappa shape index (κ3) is 4.10. The number of amides is 2. The van der Waals surface area contributed by atoms with Gasteiger partial charge in [0, 0.05) is 17.5 Å². The number of anilines is 1. The van der Waals surface area contributed by atoms with Crippen LogP contribution in [0.2, 0.25) is 5.15 Å². The van der Waals surface area contributed by atoms with Crippen LogP contribution in [0.15, 0.2) is 42.6 Å². The molecule has 3 aromatic rings. The van der Waals surface area contributed by atoms with Crippen LogP contribution in [0.5, 0.6) is 0 Å². The Morgan fingerprint density at radius 3 is 3.00 bits per heavy atom. The predicted molar refractivity (Wildman–Crippen MR) is 114 cm³/mol. The van der Waals surface area contributed by atoms with Crippen molar-refractivity contribution < 1.29 is 14.1 Å². The number of fused-ring (bicyclic) bond motifs is 2. The topological polar surface area (TPSA) is 101 Å². The van der Waals surface area contributed by atoms with Gasteiger partial charge in [0.1, 0.15) is 22.6 Å². The van der Waals surface area contributed by atoms with E-state index < -0.39 is 17.2 Å². The Bertz CT molecular complexity index is 1080. The molecule has 9 heteroatoms. The molecule has 0 bridgehead atoms. The van der Waals surface area contributed by atoms with Gasteiger partial charge in [0.2, 0.25) is 5.91 Å². The van der Waals surface area contributed by atoms with E-state index in [9.17, 15) is 14.1 Å². The summed E-state index contributed by atoms with van der Waals surface area (Å²) in [6.07, 6.45) is 3.57. The highest BCUT2D eigenvalue weighted by atomic mass is 35.5. The Morgan fingerprint density at radius 2 is 2.21 bits per heavy atom. The molecule has 2 aromatic heterocycles. The van der Waals surface area contributed by atoms with Crippen molar-refractivity contribution in [3.63, 3.8) is 0 Å². The summed E-state index contributed by atoms with van der Waals surface area (Å²) in [5.41, 5.74) is 2.79. The quantitative estimate of drug-likeness (QED) is 0.479. The van der Waals surface area contributed by atoms with Gasteiger partial charge in [-0.15, -0.1) is 0 Å². The Hall–Kier alpha value is -2.55. The minimum atomic E-state index is -1.02. The van der Waals surface area contributed by atoms with Crippen molar-refractivity contribution in [2.24, 2.45) is 0 Å². The lowest BCUT2D eigenvalue weighted by Gasteiger charge is -2.34. The summed E-state index contributed by atoms with van der Waals surface area (Å²) < 4.78 is 11.5. The van der Waals surface area contributed by atoms with Crippen molar-refractivity contribution in [1.82, 2.24) is 15.3 Å². The van der Waals surface area contributed by atoms with Crippen LogP contribution in [0.4, 0.5) is 5.69 Å². The first-order chi connectivity index (χ1) is 13.9. The molecule has 3 heterocycles. The Morgan fingerprint density at radius 1 is 1.41 bits per heavy atom. The second-order valence-electron chi connectivity index (χ2n) is 6.90. The highest BCUT2D eigenvalue weighted by Crippen LogP contribution is 2.28. The van der Waals surface area contributed by atoms with E-state index in [0.29, 0.717) is 35.1 Å². The number of aromatic nitrogens is 2. The van der Waals surface area contributed by atoms with Gasteiger partial charge in [-0.2, -0.15) is 0 Å². The molecule has 1 aliphatic heterocycles. The summed E-state index contributed by atoms with van der Waals surface area (Å²) in [5, 5.41) is 3.93. The second kappa shape index (κ2) is 8.06. The first-order valence-corrected chi connectivity index (χ1v) is 11.2. The molecule has 0 fully saturated rings. The number of hydrogen-bond acceptors (Lipinski definition) is 4. The molecule has 0 saturated heterocycles. The molecular weight excluding hydrogens is 412 g/mol. The molecule has 0 aliphatic carbocycles. The third-order valence-electron chi connectivity index (χ3n) is 4.89. The maximum Gasteiger partial charge on any atom is 0.268 e. The summed E-state index contributed by atoms with van der Waals surface area (Å²) >= 11 is 4.88. The molecule has 1 aromatic carbocycles. The zero-order valence-corrected chi connectivity index (χ0v) is 17.2. The van der Waals surface area contributed by atoms with Crippen LogP contribution in [0.1, 0.15) is 16.1 Å². The first-order valence-electron chi connectivity index (χ1n) is 9.07. The van der Waals surface area contributed by atoms with E-state index in [2.05, 4.69) is 15.3 Å². The summed E-state index contributed by atoms with van der Waals surface area (Å²) in [4.78, 5) is 34.4. The van der Waals surface area contributed by atoms with Gasteiger partial charge in [0.05, 0.1) is 24.5 Å². The normalized spacial score (nSPS) is 17.3. The zero-order chi connectivity index (χ0) is 20.5. The molecule has 2 N–H and O–H groups in total. The van der Waals surface area contributed by atoms with Crippen LogP contribution in [-0.4, -0.2) is 50.9 Å². The summed E-state index contributed by atoms with van der Waals surface area (Å²) in [7, 11) is 0. The molecule has 7 nitrogen and oxygen atoms in total. The van der Waals surface area contributed by atoms with E-state index in [1.54, 1.807) is 29.5 Å². The van der Waals surface area contributed by atoms with Crippen molar-refractivity contribution in [3.05, 3.63) is 59.0 Å². The van der Waals surface area contributed by atoms with Crippen molar-refractivity contribution in [1.29, 1.82) is 0 Å². The number of carbonyl (C=O) groups is 2. The van der Waals surface area contributed by atoms with Gasteiger partial charge in [-0.3, -0.25) is 9.59 Å². The number of nitrogens with one attached hydrogen (secondary N) is 2. The lowest BCUT2D eigenvalue weighted by molar-refractivity contribution is -0.120. The summed E-state index contributed by atoms with van der Waals surface area (Å²) in [5.74, 6) is -0.214. The Kier molecular flexibility index (Phi) is 5.49. The molecule has 0 spiro atoms. The number of hydrogen-bond donors (Lipinski definition) is 2. The smallest absolute Gasteiger partial charge is 0.268 e. The molecule has 0 radical (unpaired) electrons. The largest absolute Gasteiger partial charge is 0.617 e. The first kappa shape index (κ1) is 19.8. The van der Waals surface area contributed by atoms with E-state index >= 15 is 0 Å². The van der Waals surface area contributed by atoms with Gasteiger partial charge in [-0.25, -0.2) is 4.98 Å². The van der Waals surface area contributed by atoms with E-state index in [4.69, 9.17) is 11.6 Å². The molecule has 2 unspecified atom stereocenters. The van der Waals surface area contributed by atoms with Crippen LogP contribution in [0.3, 0.4) is 0 Å². The standard InChI is InChI=1S/C20H19ClN4O3S/c1-29(28)7-6-25-17-5-3-2-4-12(17)8-15(20(25)27)24-19(26)14-9-13-10-18(21)22-11-16(13)23-14/h2-5,9-11,15,23H,6-8H2,1H3,(H,24,26). The number of aromatic amines is 1. The number of pyridine rings is 1. The molecule has 29 heavy (non-hydrogen) atoms. The number of nitrogens with zero attached hydrogens (tertiary/aromatic N) is 2. The van der Waals surface area contributed by atoms with E-state index in [0.717, 1.165) is 16.6 Å². The number of benzene rings is 1. The maximum absolute atomic E-state index is 13.1. The van der Waals surface area contributed by atoms with Crippen molar-refractivity contribution in [2.75, 3.05) is 23.5 Å². The molecule has 4 rings (SSSR count). The molecule has 1 aliphatic rings. The minimum Gasteiger partial charge on any atom is -0.617 e. The number of rotatable bonds is 5. The van der Waals surface area contributed by atoms with Crippen LogP contribution in [0, 0.1) is 0 Å². The van der Waals surface area contributed by atoms with Gasteiger partial charge in [0.25, 0.3) is 5.91 Å². The fourth-order valence-corrected chi connectivity index (χ4v) is 4.09. The SMILES string of the molecule is C[S+]([O-])CCN1C(=O)C(NC(=O)c2cc3cc(Cl)ncc3[nH]2)Cc2ccccc21. The second-order valence-corrected chi connectivity index (χ2v) is 8.85. The lowest BCUT2D eigenvalue weighted by atomic mass is 9.97. The fraction of sp³-hybridized carbons (Fsp3) is 0.250. The minimum absolute atomic E-state index is 0.205. The number of para-hydroxylation sites is 1. The lowest BCUT2D eigenvalue weighted by Crippen LogP contribution is -2.53. The van der Waals surface area contributed by atoms with Gasteiger partial charge in [-0.1, -0.05) is 41.0 Å². The maximum atomic E-state index is 13.1. The van der Waals surface area contributed by atoms with E-state index in [-0.39, 0.29) is 11.8 Å². The van der Waals surface area contributed by atoms with Crippen LogP contribution >= 0.6 is 11.6 Å². The average Bonchev–Trinajstić information content (AvgIpc) is 3.11. The average molecular weight is 431 g/mol. The zero-order valence-electron chi connectivity index (χ0n) is 15.6. The monoisotopic (exact) mass is 430 g/mol. The predicted octanol–water partition coefficient (Wildman–Crippen LogP) is 2.28. The van der Waals surface area contributed by atoms with Gasteiger partial charge in [-0.05, 0) is 23.8 Å². The highest BCUT2D eigenvalue weighted by molar-refractivity contribution is 7.90. The van der Waals surface area contributed by atoms with Gasteiger partial charge >= 0.3 is 0 Å². The summed E-state index contributed by atoms with van der Waals surface area (Å²) in [6, 6.07) is 10.2. The molecule has 150 valence electrons. The summed E-state index contributed by atoms with van der Waals surface area (Å²) in [6.45, 7) is 0.335. The van der Waals surface area contributed by atoms with Gasteiger partial charge in [0.15, 0.2) is 0 Å². The van der Waals surface area contributed by atoms with Crippen molar-refractivity contribution in [2.45, 2.75) is 12.5 Å². The highest BCUT2D eigenvalue weighted by Gasteiger charge is 2.34. The van der Waals surface area contributed by atoms with Gasteiger partial charge < -0.3 is 19.8 Å². The number of halogens is 1. The number of H-pyrrole nitrogens is 1. The molecule has 0 saturated carbocycles. The van der Waals surface area contributed by atoms with E-state index in [1.165, 1.54) is 0 Å². The van der Waals surface area contributed by atoms with Crippen molar-refractivity contribution >= 4 is 51.2 Å². The molecule has 2 atom stereocenters. The molecular formula is C20H19ClN4O3S. The number of carbonyl (C=O) groups excluding carboxylic acids is 2. The van der Waals surface area contributed by atoms with Crippen LogP contribution < -0.4 is 10.2 Å². The Labute approximate surface area is 175 Å². The van der Waals surface area contributed by atoms with E-state index in [1.807, 2.05) is 24.3 Å². The van der Waals surface area contributed by atoms with Crippen molar-refractivity contribution in [3.8, 4) is 0 Å². The van der Waals surface area contributed by atoms with Crippen LogP contribution in [0.25, 0.3) is 10.9 Å². The van der Waals surface area contributed by atoms with Crippen LogP contribution in [-0.2, 0) is 22.4 Å². The molecule has 2 amide bonds.